The first-order chi connectivity index (χ1) is 4.41. The van der Waals surface area contributed by atoms with E-state index in [9.17, 15) is 0 Å². The molecular formula is C6H12. The molecule has 36 valence electrons. The summed E-state index contributed by atoms with van der Waals surface area (Å²) in [7, 11) is 0. The van der Waals surface area contributed by atoms with Crippen molar-refractivity contribution < 1.29 is 5.48 Å². The van der Waals surface area contributed by atoms with Crippen molar-refractivity contribution in [3.63, 3.8) is 0 Å². The molecule has 1 fully saturated rings. The molecule has 0 N–H and O–H groups in total. The highest BCUT2D eigenvalue weighted by Crippen LogP contribution is 2.15. The Morgan fingerprint density at radius 1 is 0.833 bits per heavy atom. The van der Waals surface area contributed by atoms with Gasteiger partial charge in [-0.3, -0.25) is 0 Å². The lowest BCUT2D eigenvalue weighted by Crippen LogP contribution is -1.85. The van der Waals surface area contributed by atoms with Gasteiger partial charge in [-0.2, -0.15) is 0 Å². The molecule has 1 saturated carbocycles. The predicted octanol–water partition coefficient (Wildman–Crippen LogP) is 2.34. The third-order valence-electron chi connectivity index (χ3n) is 0.957. The van der Waals surface area contributed by atoms with Crippen LogP contribution in [0.25, 0.3) is 0 Å². The van der Waals surface area contributed by atoms with Gasteiger partial charge in [-0.15, -0.1) is 0 Å². The van der Waals surface area contributed by atoms with Gasteiger partial charge in [0.05, 0.1) is 0 Å². The van der Waals surface area contributed by atoms with Crippen molar-refractivity contribution in [2.75, 3.05) is 0 Å². The monoisotopic (exact) mass is 88.1 g/mol. The van der Waals surface area contributed by atoms with Crippen molar-refractivity contribution in [1.29, 1.82) is 0 Å². The van der Waals surface area contributed by atoms with Gasteiger partial charge in [-0.05, 0) is 0 Å². The van der Waals surface area contributed by atoms with Crippen molar-refractivity contribution in [2.24, 2.45) is 0 Å². The number of rotatable bonds is 0. The van der Waals surface area contributed by atoms with E-state index in [1.54, 1.807) is 0 Å². The second-order valence-corrected chi connectivity index (χ2v) is 1.53. The Kier molecular flexibility index (Phi) is 0.556. The fourth-order valence-corrected chi connectivity index (χ4v) is 0.604. The standard InChI is InChI=1S/C6H12/c1-2-4-6-5-3-1/h1-6H2/i1D2,4D2. The zero-order valence-electron chi connectivity index (χ0n) is 7.83. The van der Waals surface area contributed by atoms with Gasteiger partial charge in [0, 0.05) is 5.48 Å². The van der Waals surface area contributed by atoms with Crippen molar-refractivity contribution in [3.05, 3.63) is 0 Å². The average Bonchev–Trinajstić information content (AvgIpc) is 1.56. The van der Waals surface area contributed by atoms with Crippen LogP contribution in [-0.2, 0) is 0 Å². The maximum absolute atomic E-state index is 7.31. The molecule has 0 unspecified atom stereocenters. The summed E-state index contributed by atoms with van der Waals surface area (Å²) in [5, 5.41) is 0. The fraction of sp³-hybridized carbons (Fsp3) is 1.00. The van der Waals surface area contributed by atoms with Gasteiger partial charge in [0.2, 0.25) is 0 Å². The van der Waals surface area contributed by atoms with Crippen molar-refractivity contribution in [2.45, 2.75) is 38.4 Å². The molecule has 0 bridgehead atoms. The molecule has 0 aliphatic heterocycles. The highest BCUT2D eigenvalue weighted by Gasteiger charge is 1.95. The summed E-state index contributed by atoms with van der Waals surface area (Å²) in [6.45, 7) is 0. The predicted molar refractivity (Wildman–Crippen MR) is 27.7 cm³/mol. The first kappa shape index (κ1) is 1.50. The maximum Gasteiger partial charge on any atom is 0.0267 e. The molecule has 0 heterocycles. The van der Waals surface area contributed by atoms with E-state index in [1.165, 1.54) is 0 Å². The Labute approximate surface area is 45.2 Å². The van der Waals surface area contributed by atoms with Crippen LogP contribution >= 0.6 is 0 Å². The first-order valence-electron chi connectivity index (χ1n) is 4.41. The van der Waals surface area contributed by atoms with E-state index in [4.69, 9.17) is 5.48 Å². The van der Waals surface area contributed by atoms with Gasteiger partial charge in [0.25, 0.3) is 0 Å². The first-order valence-corrected chi connectivity index (χ1v) is 2.41. The van der Waals surface area contributed by atoms with Crippen LogP contribution in [0.3, 0.4) is 0 Å². The van der Waals surface area contributed by atoms with Crippen LogP contribution in [0.1, 0.15) is 43.9 Å². The van der Waals surface area contributed by atoms with Crippen molar-refractivity contribution in [1.82, 2.24) is 0 Å². The van der Waals surface area contributed by atoms with Crippen LogP contribution in [-0.4, -0.2) is 0 Å². The smallest absolute Gasteiger partial charge is 0.0267 e. The van der Waals surface area contributed by atoms with E-state index in [2.05, 4.69) is 0 Å². The van der Waals surface area contributed by atoms with Crippen molar-refractivity contribution in [3.8, 4) is 0 Å². The van der Waals surface area contributed by atoms with Crippen LogP contribution in [0.15, 0.2) is 0 Å². The highest BCUT2D eigenvalue weighted by molar-refractivity contribution is 4.51. The van der Waals surface area contributed by atoms with E-state index in [1.807, 2.05) is 0 Å². The minimum absolute atomic E-state index is 0.0694. The Balaban J connectivity index is 2.56. The lowest BCUT2D eigenvalue weighted by atomic mass is 10.0. The summed E-state index contributed by atoms with van der Waals surface area (Å²) < 4.78 is 29.2. The molecule has 0 nitrogen and oxygen atoms in total. The van der Waals surface area contributed by atoms with Gasteiger partial charge in [0.15, 0.2) is 0 Å². The molecule has 0 heteroatoms. The van der Waals surface area contributed by atoms with Gasteiger partial charge in [0.1, 0.15) is 0 Å². The highest BCUT2D eigenvalue weighted by atomic mass is 14.0. The van der Waals surface area contributed by atoms with Gasteiger partial charge >= 0.3 is 0 Å². The van der Waals surface area contributed by atoms with Crippen LogP contribution in [0.4, 0.5) is 0 Å². The Morgan fingerprint density at radius 2 is 1.50 bits per heavy atom. The zero-order valence-corrected chi connectivity index (χ0v) is 3.83. The molecule has 0 amide bonds. The van der Waals surface area contributed by atoms with Gasteiger partial charge in [-0.25, -0.2) is 0 Å². The molecule has 0 aromatic carbocycles. The summed E-state index contributed by atoms with van der Waals surface area (Å²) in [5.41, 5.74) is 0. The molecule has 1 aliphatic rings. The molecule has 1 aliphatic carbocycles. The van der Waals surface area contributed by atoms with E-state index in [0.29, 0.717) is 19.3 Å². The third-order valence-corrected chi connectivity index (χ3v) is 0.957. The van der Waals surface area contributed by atoms with Crippen LogP contribution in [0.5, 0.6) is 0 Å². The Bertz CT molecular complexity index is 116. The molecule has 6 heavy (non-hydrogen) atoms. The summed E-state index contributed by atoms with van der Waals surface area (Å²) in [5.74, 6) is 0. The molecule has 1 rings (SSSR count). The fourth-order valence-electron chi connectivity index (χ4n) is 0.604. The lowest BCUT2D eigenvalue weighted by molar-refractivity contribution is 0.504. The number of hydrogen-bond donors (Lipinski definition) is 0. The van der Waals surface area contributed by atoms with E-state index in [-0.39, 0.29) is 6.42 Å². The molecule has 0 saturated heterocycles. The SMILES string of the molecule is [2H]C1([2H])CCCC([2H])([2H])C1. The Morgan fingerprint density at radius 3 is 1.83 bits per heavy atom. The van der Waals surface area contributed by atoms with Crippen LogP contribution < -0.4 is 0 Å². The van der Waals surface area contributed by atoms with Crippen molar-refractivity contribution >= 4 is 0 Å². The van der Waals surface area contributed by atoms with E-state index >= 15 is 0 Å². The molecule has 0 aromatic heterocycles. The quantitative estimate of drug-likeness (QED) is 0.426. The topological polar surface area (TPSA) is 0 Å². The average molecular weight is 88.2 g/mol. The van der Waals surface area contributed by atoms with Crippen LogP contribution in [0, 0.1) is 0 Å². The van der Waals surface area contributed by atoms with E-state index in [0.717, 1.165) is 0 Å². The number of hydrogen-bond acceptors (Lipinski definition) is 0. The minimum Gasteiger partial charge on any atom is -0.0533 e. The van der Waals surface area contributed by atoms with E-state index < -0.39 is 12.7 Å². The summed E-state index contributed by atoms with van der Waals surface area (Å²) >= 11 is 0. The van der Waals surface area contributed by atoms with Gasteiger partial charge < -0.3 is 0 Å². The normalized spacial score (nSPS) is 50.7. The summed E-state index contributed by atoms with van der Waals surface area (Å²) in [6, 6.07) is 0. The Hall–Kier alpha value is 0. The second kappa shape index (κ2) is 2.22. The molecule has 0 atom stereocenters. The maximum atomic E-state index is 7.31. The third kappa shape index (κ3) is 1.00. The largest absolute Gasteiger partial charge is 0.0533 e. The molecule has 0 radical (unpaired) electrons. The molecule has 0 spiro atoms. The summed E-state index contributed by atoms with van der Waals surface area (Å²) in [4.78, 5) is 0. The lowest BCUT2D eigenvalue weighted by Gasteiger charge is -2.05. The summed E-state index contributed by atoms with van der Waals surface area (Å²) in [6.07, 6.45) is -0.734. The second-order valence-electron chi connectivity index (χ2n) is 1.53. The minimum atomic E-state index is -1.26. The molecular weight excluding hydrogens is 72.1 g/mol. The van der Waals surface area contributed by atoms with Gasteiger partial charge in [-0.1, -0.05) is 38.4 Å². The molecule has 0 aromatic rings. The van der Waals surface area contributed by atoms with Crippen LogP contribution in [0.2, 0.25) is 0 Å². The zero-order chi connectivity index (χ0) is 7.83.